The molecule has 1 amide bonds. The van der Waals surface area contributed by atoms with E-state index >= 15 is 0 Å². The number of ether oxygens (including phenoxy) is 1. The van der Waals surface area contributed by atoms with Gasteiger partial charge in [0.25, 0.3) is 5.91 Å². The van der Waals surface area contributed by atoms with E-state index in [4.69, 9.17) is 4.74 Å². The second kappa shape index (κ2) is 9.50. The molecule has 37 heavy (non-hydrogen) atoms. The minimum absolute atomic E-state index is 0.0537. The van der Waals surface area contributed by atoms with Crippen LogP contribution in [-0.4, -0.2) is 22.7 Å². The standard InChI is InChI=1S/C26H22BrF3N2O3S2/c27-14-7-8-18(35-11-19(33)31-17-4-2-1-3-16(17)26(28,29)30)15(10-14)21-20-12-5-6-13(9-12)22(20)36-24-23(21)37-25(34)32-24/h1-4,7-8,10,12-13,20-22H,5-6,9,11H2,(H,31,33)(H,32,34)/t12?,13?,20?,21-,22?/m1/s1. The van der Waals surface area contributed by atoms with Crippen molar-refractivity contribution in [1.29, 1.82) is 0 Å². The van der Waals surface area contributed by atoms with E-state index in [2.05, 4.69) is 26.2 Å². The van der Waals surface area contributed by atoms with Crippen LogP contribution >= 0.6 is 39.0 Å². The number of amides is 1. The van der Waals surface area contributed by atoms with Crippen molar-refractivity contribution in [1.82, 2.24) is 4.98 Å². The average molecular weight is 612 g/mol. The van der Waals surface area contributed by atoms with Crippen LogP contribution in [0.4, 0.5) is 18.9 Å². The zero-order valence-electron chi connectivity index (χ0n) is 19.3. The third-order valence-corrected chi connectivity index (χ3v) is 10.8. The molecule has 5 nitrogen and oxygen atoms in total. The molecule has 194 valence electrons. The number of halogens is 4. The molecule has 0 radical (unpaired) electrons. The van der Waals surface area contributed by atoms with Crippen LogP contribution in [0.3, 0.4) is 0 Å². The highest BCUT2D eigenvalue weighted by molar-refractivity contribution is 9.10. The smallest absolute Gasteiger partial charge is 0.418 e. The Bertz CT molecular complexity index is 1420. The second-order valence-electron chi connectivity index (χ2n) is 9.74. The molecule has 11 heteroatoms. The zero-order valence-corrected chi connectivity index (χ0v) is 22.5. The number of carbonyl (C=O) groups is 1. The molecule has 1 aromatic heterocycles. The molecule has 2 N–H and O–H groups in total. The number of H-pyrrole nitrogens is 1. The van der Waals surface area contributed by atoms with Gasteiger partial charge in [0.05, 0.1) is 16.3 Å². The van der Waals surface area contributed by atoms with Gasteiger partial charge < -0.3 is 15.0 Å². The number of carbonyl (C=O) groups excluding carboxylic acids is 1. The molecule has 5 atom stereocenters. The first-order chi connectivity index (χ1) is 17.7. The van der Waals surface area contributed by atoms with E-state index in [1.807, 2.05) is 12.1 Å². The number of rotatable bonds is 5. The normalized spacial score (nSPS) is 26.0. The van der Waals surface area contributed by atoms with Crippen LogP contribution in [0.25, 0.3) is 0 Å². The number of nitrogens with one attached hydrogen (secondary N) is 2. The predicted molar refractivity (Wildman–Crippen MR) is 140 cm³/mol. The van der Waals surface area contributed by atoms with Crippen molar-refractivity contribution in [3.8, 4) is 5.75 Å². The van der Waals surface area contributed by atoms with Gasteiger partial charge in [0.2, 0.25) is 0 Å². The SMILES string of the molecule is O=C(COc1ccc(Br)cc1[C@H]1c2sc(=O)[nH]c2SC2C3CCC(C3)C21)Nc1ccccc1C(F)(F)F. The van der Waals surface area contributed by atoms with Gasteiger partial charge in [-0.3, -0.25) is 9.59 Å². The van der Waals surface area contributed by atoms with Gasteiger partial charge in [0, 0.05) is 26.1 Å². The summed E-state index contributed by atoms with van der Waals surface area (Å²) in [7, 11) is 0. The average Bonchev–Trinajstić information content (AvgIpc) is 3.55. The van der Waals surface area contributed by atoms with Crippen LogP contribution in [0.15, 0.2) is 56.8 Å². The fourth-order valence-electron chi connectivity index (χ4n) is 6.26. The minimum atomic E-state index is -4.59. The number of thioether (sulfide) groups is 1. The van der Waals surface area contributed by atoms with Crippen LogP contribution in [0, 0.1) is 17.8 Å². The van der Waals surface area contributed by atoms with Crippen molar-refractivity contribution in [2.45, 2.75) is 41.6 Å². The number of para-hydroxylation sites is 1. The van der Waals surface area contributed by atoms with E-state index in [0.29, 0.717) is 28.8 Å². The molecular formula is C26H22BrF3N2O3S2. The Labute approximate surface area is 227 Å². The summed E-state index contributed by atoms with van der Waals surface area (Å²) in [6, 6.07) is 10.4. The maximum atomic E-state index is 13.3. The summed E-state index contributed by atoms with van der Waals surface area (Å²) in [5, 5.41) is 3.67. The number of thiazole rings is 1. The Balaban J connectivity index is 1.29. The Morgan fingerprint density at radius 2 is 1.95 bits per heavy atom. The van der Waals surface area contributed by atoms with Crippen molar-refractivity contribution in [2.24, 2.45) is 17.8 Å². The molecule has 2 fully saturated rings. The van der Waals surface area contributed by atoms with Gasteiger partial charge in [-0.1, -0.05) is 39.4 Å². The number of aromatic nitrogens is 1. The largest absolute Gasteiger partial charge is 0.483 e. The van der Waals surface area contributed by atoms with E-state index in [0.717, 1.165) is 26.0 Å². The first kappa shape index (κ1) is 25.1. The summed E-state index contributed by atoms with van der Waals surface area (Å²) in [6.45, 7) is -0.446. The number of hydrogen-bond acceptors (Lipinski definition) is 5. The number of aromatic amines is 1. The highest BCUT2D eigenvalue weighted by atomic mass is 79.9. The lowest BCUT2D eigenvalue weighted by Crippen LogP contribution is -2.34. The van der Waals surface area contributed by atoms with E-state index in [1.165, 1.54) is 48.8 Å². The molecule has 2 bridgehead atoms. The molecule has 2 saturated carbocycles. The highest BCUT2D eigenvalue weighted by Crippen LogP contribution is 2.64. The molecule has 6 rings (SSSR count). The molecule has 2 aromatic carbocycles. The molecule has 3 aromatic rings. The van der Waals surface area contributed by atoms with Gasteiger partial charge in [0.15, 0.2) is 6.61 Å². The van der Waals surface area contributed by atoms with E-state index in [-0.39, 0.29) is 16.5 Å². The highest BCUT2D eigenvalue weighted by Gasteiger charge is 2.55. The van der Waals surface area contributed by atoms with Gasteiger partial charge in [0.1, 0.15) is 5.75 Å². The Kier molecular flexibility index (Phi) is 6.43. The summed E-state index contributed by atoms with van der Waals surface area (Å²) in [4.78, 5) is 28.9. The number of alkyl halides is 3. The summed E-state index contributed by atoms with van der Waals surface area (Å²) in [6.07, 6.45) is -1.03. The summed E-state index contributed by atoms with van der Waals surface area (Å²) < 4.78 is 46.8. The molecule has 3 aliphatic rings. The van der Waals surface area contributed by atoms with Crippen molar-refractivity contribution in [2.75, 3.05) is 11.9 Å². The van der Waals surface area contributed by atoms with Crippen molar-refractivity contribution < 1.29 is 22.7 Å². The predicted octanol–water partition coefficient (Wildman–Crippen LogP) is 6.89. The van der Waals surface area contributed by atoms with Crippen LogP contribution < -0.4 is 14.9 Å². The Morgan fingerprint density at radius 1 is 1.16 bits per heavy atom. The lowest BCUT2D eigenvalue weighted by Gasteiger charge is -2.40. The molecular weight excluding hydrogens is 589 g/mol. The van der Waals surface area contributed by atoms with Crippen LogP contribution in [0.2, 0.25) is 0 Å². The Morgan fingerprint density at radius 3 is 2.76 bits per heavy atom. The van der Waals surface area contributed by atoms with Crippen LogP contribution in [0.5, 0.6) is 5.75 Å². The van der Waals surface area contributed by atoms with E-state index in [9.17, 15) is 22.8 Å². The lowest BCUT2D eigenvalue weighted by molar-refractivity contribution is -0.137. The van der Waals surface area contributed by atoms with Gasteiger partial charge in [-0.2, -0.15) is 13.2 Å². The van der Waals surface area contributed by atoms with Crippen molar-refractivity contribution >= 4 is 50.6 Å². The number of fused-ring (bicyclic) bond motifs is 6. The van der Waals surface area contributed by atoms with E-state index < -0.39 is 24.3 Å². The fourth-order valence-corrected chi connectivity index (χ4v) is 9.52. The minimum Gasteiger partial charge on any atom is -0.483 e. The molecule has 0 saturated heterocycles. The van der Waals surface area contributed by atoms with Gasteiger partial charge in [-0.25, -0.2) is 0 Å². The lowest BCUT2D eigenvalue weighted by atomic mass is 9.74. The monoisotopic (exact) mass is 610 g/mol. The zero-order chi connectivity index (χ0) is 25.9. The second-order valence-corrected chi connectivity index (χ2v) is 12.9. The number of hydrogen-bond donors (Lipinski definition) is 2. The molecule has 1 aliphatic heterocycles. The molecule has 2 heterocycles. The third-order valence-electron chi connectivity index (χ3n) is 7.64. The van der Waals surface area contributed by atoms with Crippen LogP contribution in [0.1, 0.15) is 41.2 Å². The topological polar surface area (TPSA) is 71.2 Å². The fraction of sp³-hybridized carbons (Fsp3) is 0.385. The maximum Gasteiger partial charge on any atom is 0.418 e. The summed E-state index contributed by atoms with van der Waals surface area (Å²) in [5.74, 6) is 1.29. The number of anilines is 1. The van der Waals surface area contributed by atoms with Crippen molar-refractivity contribution in [3.05, 3.63) is 72.6 Å². The van der Waals surface area contributed by atoms with Gasteiger partial charge >= 0.3 is 11.0 Å². The molecule has 4 unspecified atom stereocenters. The van der Waals surface area contributed by atoms with Crippen LogP contribution in [-0.2, 0) is 11.0 Å². The number of benzene rings is 2. The van der Waals surface area contributed by atoms with Crippen molar-refractivity contribution in [3.63, 3.8) is 0 Å². The molecule has 2 aliphatic carbocycles. The maximum absolute atomic E-state index is 13.3. The first-order valence-corrected chi connectivity index (χ1v) is 14.5. The van der Waals surface area contributed by atoms with E-state index in [1.54, 1.807) is 17.8 Å². The first-order valence-electron chi connectivity index (χ1n) is 12.0. The molecule has 0 spiro atoms. The van der Waals surface area contributed by atoms with Gasteiger partial charge in [-0.15, -0.1) is 11.8 Å². The van der Waals surface area contributed by atoms with Gasteiger partial charge in [-0.05, 0) is 67.3 Å². The Hall–Kier alpha value is -2.24. The third kappa shape index (κ3) is 4.63. The quantitative estimate of drug-likeness (QED) is 0.330. The summed E-state index contributed by atoms with van der Waals surface area (Å²) in [5.41, 5.74) is -0.336. The summed E-state index contributed by atoms with van der Waals surface area (Å²) >= 11 is 6.57.